The number of furan rings is 1. The van der Waals surface area contributed by atoms with Crippen LogP contribution in [0.2, 0.25) is 0 Å². The zero-order valence-corrected chi connectivity index (χ0v) is 18.3. The topological polar surface area (TPSA) is 43.3 Å². The maximum absolute atomic E-state index is 6.24. The molecule has 0 radical (unpaired) electrons. The largest absolute Gasteiger partial charge is 0.460 e. The molecule has 0 saturated carbocycles. The summed E-state index contributed by atoms with van der Waals surface area (Å²) in [5.41, 5.74) is 9.24. The van der Waals surface area contributed by atoms with Crippen LogP contribution in [0.5, 0.6) is 0 Å². The number of rotatable bonds is 5. The van der Waals surface area contributed by atoms with E-state index in [1.54, 1.807) is 0 Å². The van der Waals surface area contributed by atoms with Gasteiger partial charge < -0.3 is 4.42 Å². The molecule has 0 fully saturated rings. The first kappa shape index (κ1) is 19.4. The van der Waals surface area contributed by atoms with E-state index < -0.39 is 0 Å². The van der Waals surface area contributed by atoms with Gasteiger partial charge in [-0.15, -0.1) is 0 Å². The Hall–Kier alpha value is -2.88. The molecule has 0 aliphatic heterocycles. The zero-order valence-electron chi connectivity index (χ0n) is 18.3. The highest BCUT2D eigenvalue weighted by Crippen LogP contribution is 2.40. The number of benzene rings is 1. The van der Waals surface area contributed by atoms with Crippen molar-refractivity contribution in [3.63, 3.8) is 0 Å². The third-order valence-corrected chi connectivity index (χ3v) is 5.92. The Morgan fingerprint density at radius 3 is 2.55 bits per heavy atom. The fourth-order valence-corrected chi connectivity index (χ4v) is 4.46. The van der Waals surface area contributed by atoms with Gasteiger partial charge in [0.25, 0.3) is 0 Å². The summed E-state index contributed by atoms with van der Waals surface area (Å²) < 4.78 is 8.27. The third kappa shape index (κ3) is 2.98. The summed E-state index contributed by atoms with van der Waals surface area (Å²) in [4.78, 5) is 4.97. The van der Waals surface area contributed by atoms with Crippen molar-refractivity contribution in [2.75, 3.05) is 0 Å². The lowest BCUT2D eigenvalue weighted by Gasteiger charge is -2.14. The molecular formula is C25H29N3O. The Labute approximate surface area is 172 Å². The van der Waals surface area contributed by atoms with E-state index in [4.69, 9.17) is 14.5 Å². The Bertz CT molecular complexity index is 1240. The average molecular weight is 388 g/mol. The second-order valence-electron chi connectivity index (χ2n) is 8.03. The summed E-state index contributed by atoms with van der Waals surface area (Å²) in [6, 6.07) is 8.44. The van der Waals surface area contributed by atoms with Gasteiger partial charge >= 0.3 is 0 Å². The zero-order chi connectivity index (χ0) is 20.9. The minimum absolute atomic E-state index is 0.478. The molecule has 0 saturated heterocycles. The van der Waals surface area contributed by atoms with Crippen molar-refractivity contribution in [1.82, 2.24) is 14.6 Å². The highest BCUT2D eigenvalue weighted by molar-refractivity contribution is 6.00. The number of aryl methyl sites for hydroxylation is 3. The second-order valence-corrected chi connectivity index (χ2v) is 8.03. The van der Waals surface area contributed by atoms with Crippen LogP contribution in [0, 0.1) is 20.8 Å². The molecule has 0 unspecified atom stereocenters. The smallest absolute Gasteiger partial charge is 0.157 e. The Morgan fingerprint density at radius 1 is 1.17 bits per heavy atom. The quantitative estimate of drug-likeness (QED) is 0.370. The number of fused-ring (bicyclic) bond motifs is 2. The Balaban J connectivity index is 2.08. The fourth-order valence-electron chi connectivity index (χ4n) is 4.46. The first-order valence-electron chi connectivity index (χ1n) is 10.4. The first-order valence-corrected chi connectivity index (χ1v) is 10.4. The molecule has 0 aliphatic rings. The van der Waals surface area contributed by atoms with Gasteiger partial charge in [-0.05, 0) is 58.1 Å². The van der Waals surface area contributed by atoms with Gasteiger partial charge in [0, 0.05) is 16.5 Å². The molecule has 3 aromatic heterocycles. The van der Waals surface area contributed by atoms with Crippen LogP contribution < -0.4 is 0 Å². The highest BCUT2D eigenvalue weighted by atomic mass is 16.3. The summed E-state index contributed by atoms with van der Waals surface area (Å²) in [6.45, 7) is 16.8. The summed E-state index contributed by atoms with van der Waals surface area (Å²) >= 11 is 0. The molecule has 4 heteroatoms. The lowest BCUT2D eigenvalue weighted by atomic mass is 9.95. The van der Waals surface area contributed by atoms with E-state index in [-0.39, 0.29) is 0 Å². The lowest BCUT2D eigenvalue weighted by molar-refractivity contribution is 0.578. The molecule has 4 nitrogen and oxygen atoms in total. The van der Waals surface area contributed by atoms with Crippen molar-refractivity contribution in [3.8, 4) is 11.3 Å². The first-order chi connectivity index (χ1) is 13.9. The molecule has 3 heterocycles. The number of allylic oxidation sites excluding steroid dienone is 1. The summed E-state index contributed by atoms with van der Waals surface area (Å²) in [7, 11) is 0. The van der Waals surface area contributed by atoms with Crippen LogP contribution in [-0.4, -0.2) is 14.6 Å². The maximum Gasteiger partial charge on any atom is 0.157 e. The molecule has 0 amide bonds. The van der Waals surface area contributed by atoms with Crippen molar-refractivity contribution in [1.29, 1.82) is 0 Å². The SMILES string of the molecule is C=C(C)c1cccc2c(-c3c(C)nc4c(C(CC)CC)cc(C)nn34)c(C)oc12. The molecule has 0 bridgehead atoms. The van der Waals surface area contributed by atoms with E-state index in [2.05, 4.69) is 58.5 Å². The van der Waals surface area contributed by atoms with Gasteiger partial charge in [-0.1, -0.05) is 38.6 Å². The number of para-hydroxylation sites is 1. The average Bonchev–Trinajstić information content (AvgIpc) is 3.17. The fraction of sp³-hybridized carbons (Fsp3) is 0.360. The van der Waals surface area contributed by atoms with Crippen molar-refractivity contribution in [3.05, 3.63) is 59.1 Å². The molecule has 0 N–H and O–H groups in total. The molecule has 4 rings (SSSR count). The summed E-state index contributed by atoms with van der Waals surface area (Å²) in [5.74, 6) is 1.36. The van der Waals surface area contributed by atoms with Crippen molar-refractivity contribution in [2.24, 2.45) is 0 Å². The van der Waals surface area contributed by atoms with Crippen LogP contribution in [0.25, 0.3) is 33.4 Å². The van der Waals surface area contributed by atoms with E-state index >= 15 is 0 Å². The van der Waals surface area contributed by atoms with Crippen molar-refractivity contribution >= 4 is 22.2 Å². The number of aromatic nitrogens is 3. The number of hydrogen-bond donors (Lipinski definition) is 0. The van der Waals surface area contributed by atoms with E-state index in [9.17, 15) is 0 Å². The van der Waals surface area contributed by atoms with Crippen molar-refractivity contribution in [2.45, 2.75) is 60.3 Å². The summed E-state index contributed by atoms with van der Waals surface area (Å²) in [5, 5.41) is 5.95. The molecule has 0 aliphatic carbocycles. The van der Waals surface area contributed by atoms with Gasteiger partial charge in [0.15, 0.2) is 5.65 Å². The van der Waals surface area contributed by atoms with E-state index in [1.165, 1.54) is 5.56 Å². The number of imidazole rings is 1. The maximum atomic E-state index is 6.24. The standard InChI is InChI=1S/C25H29N3O/c1-8-18(9-2)21-13-15(5)27-28-23(16(6)26-25(21)28)22-17(7)29-24-19(14(3)4)11-10-12-20(22)24/h10-13,18H,3,8-9H2,1-2,4-7H3. The molecule has 150 valence electrons. The monoisotopic (exact) mass is 387 g/mol. The van der Waals surface area contributed by atoms with E-state index in [0.29, 0.717) is 5.92 Å². The minimum Gasteiger partial charge on any atom is -0.460 e. The second kappa shape index (κ2) is 7.18. The highest BCUT2D eigenvalue weighted by Gasteiger charge is 2.24. The molecular weight excluding hydrogens is 358 g/mol. The van der Waals surface area contributed by atoms with Crippen LogP contribution in [0.4, 0.5) is 0 Å². The van der Waals surface area contributed by atoms with Crippen LogP contribution in [0.1, 0.15) is 67.8 Å². The van der Waals surface area contributed by atoms with Crippen LogP contribution in [-0.2, 0) is 0 Å². The Morgan fingerprint density at radius 2 is 1.90 bits per heavy atom. The van der Waals surface area contributed by atoms with Crippen LogP contribution in [0.15, 0.2) is 35.3 Å². The summed E-state index contributed by atoms with van der Waals surface area (Å²) in [6.07, 6.45) is 2.18. The van der Waals surface area contributed by atoms with Gasteiger partial charge in [0.2, 0.25) is 0 Å². The van der Waals surface area contributed by atoms with Crippen LogP contribution >= 0.6 is 0 Å². The van der Waals surface area contributed by atoms with Gasteiger partial charge in [0.1, 0.15) is 11.3 Å². The number of hydrogen-bond acceptors (Lipinski definition) is 3. The van der Waals surface area contributed by atoms with Gasteiger partial charge in [-0.2, -0.15) is 5.10 Å². The molecule has 1 aromatic carbocycles. The van der Waals surface area contributed by atoms with Gasteiger partial charge in [-0.25, -0.2) is 9.50 Å². The van der Waals surface area contributed by atoms with E-state index in [0.717, 1.165) is 69.0 Å². The molecule has 0 spiro atoms. The molecule has 29 heavy (non-hydrogen) atoms. The van der Waals surface area contributed by atoms with E-state index in [1.807, 2.05) is 18.4 Å². The molecule has 4 aromatic rings. The lowest BCUT2D eigenvalue weighted by Crippen LogP contribution is -2.05. The van der Waals surface area contributed by atoms with Crippen molar-refractivity contribution < 1.29 is 4.42 Å². The number of nitrogens with zero attached hydrogens (tertiary/aromatic N) is 3. The van der Waals surface area contributed by atoms with Gasteiger partial charge in [-0.3, -0.25) is 0 Å². The minimum atomic E-state index is 0.478. The predicted octanol–water partition coefficient (Wildman–Crippen LogP) is 7.00. The predicted molar refractivity (Wildman–Crippen MR) is 120 cm³/mol. The van der Waals surface area contributed by atoms with Gasteiger partial charge in [0.05, 0.1) is 22.6 Å². The van der Waals surface area contributed by atoms with Crippen LogP contribution in [0.3, 0.4) is 0 Å². The normalized spacial score (nSPS) is 11.8. The molecule has 0 atom stereocenters. The Kier molecular flexibility index (Phi) is 4.81. The third-order valence-electron chi connectivity index (χ3n) is 5.92.